The number of aliphatic imine (C=N–C) groups is 1. The molecule has 4 nitrogen and oxygen atoms in total. The van der Waals surface area contributed by atoms with E-state index in [-0.39, 0.29) is 6.04 Å². The fourth-order valence-electron chi connectivity index (χ4n) is 8.88. The molecule has 1 aromatic heterocycles. The number of ether oxygens (including phenoxy) is 1. The molecule has 11 rings (SSSR count). The second-order valence-corrected chi connectivity index (χ2v) is 14.2. The fourth-order valence-corrected chi connectivity index (χ4v) is 8.88. The Morgan fingerprint density at radius 1 is 0.519 bits per heavy atom. The number of amidine groups is 1. The predicted molar refractivity (Wildman–Crippen MR) is 218 cm³/mol. The molecule has 1 atom stereocenters. The zero-order valence-corrected chi connectivity index (χ0v) is 29.3. The van der Waals surface area contributed by atoms with Crippen molar-refractivity contribution in [3.63, 3.8) is 0 Å². The van der Waals surface area contributed by atoms with Crippen molar-refractivity contribution in [1.82, 2.24) is 10.3 Å². The van der Waals surface area contributed by atoms with Crippen LogP contribution in [0.3, 0.4) is 0 Å². The number of pyridine rings is 1. The normalized spacial score (nSPS) is 15.9. The lowest BCUT2D eigenvalue weighted by Gasteiger charge is -2.39. The summed E-state index contributed by atoms with van der Waals surface area (Å²) < 4.78 is 6.69. The van der Waals surface area contributed by atoms with Crippen LogP contribution in [-0.2, 0) is 5.41 Å². The second-order valence-electron chi connectivity index (χ2n) is 14.2. The minimum Gasteiger partial charge on any atom is -0.457 e. The number of aromatic nitrogens is 1. The highest BCUT2D eigenvalue weighted by molar-refractivity contribution is 6.06. The molecule has 3 heterocycles. The number of para-hydroxylation sites is 2. The monoisotopic (exact) mass is 691 g/mol. The van der Waals surface area contributed by atoms with Gasteiger partial charge in [-0.3, -0.25) is 9.98 Å². The van der Waals surface area contributed by atoms with Crippen molar-refractivity contribution in [3.8, 4) is 33.8 Å². The van der Waals surface area contributed by atoms with Gasteiger partial charge in [-0.2, -0.15) is 0 Å². The highest BCUT2D eigenvalue weighted by atomic mass is 16.5. The molecule has 0 saturated heterocycles. The van der Waals surface area contributed by atoms with Crippen LogP contribution in [0.25, 0.3) is 38.7 Å². The van der Waals surface area contributed by atoms with Gasteiger partial charge < -0.3 is 10.1 Å². The molecule has 1 spiro atoms. The quantitative estimate of drug-likeness (QED) is 0.200. The van der Waals surface area contributed by atoms with Crippen molar-refractivity contribution in [2.24, 2.45) is 4.99 Å². The number of hydrogen-bond donors (Lipinski definition) is 1. The molecule has 2 aliphatic heterocycles. The Balaban J connectivity index is 1.16. The van der Waals surface area contributed by atoms with Gasteiger partial charge in [-0.25, -0.2) is 0 Å². The zero-order chi connectivity index (χ0) is 35.6. The average Bonchev–Trinajstić information content (AvgIpc) is 3.53. The molecule has 54 heavy (non-hydrogen) atoms. The van der Waals surface area contributed by atoms with Gasteiger partial charge in [-0.15, -0.1) is 0 Å². The van der Waals surface area contributed by atoms with Gasteiger partial charge in [0.25, 0.3) is 0 Å². The summed E-state index contributed by atoms with van der Waals surface area (Å²) in [5, 5.41) is 6.06. The van der Waals surface area contributed by atoms with Crippen LogP contribution < -0.4 is 10.1 Å². The van der Waals surface area contributed by atoms with E-state index in [1.807, 2.05) is 12.4 Å². The molecule has 254 valence electrons. The van der Waals surface area contributed by atoms with Crippen molar-refractivity contribution in [2.75, 3.05) is 0 Å². The number of nitrogens with one attached hydrogen (secondary N) is 1. The van der Waals surface area contributed by atoms with Crippen LogP contribution in [0.4, 0.5) is 0 Å². The van der Waals surface area contributed by atoms with E-state index in [4.69, 9.17) is 9.73 Å². The lowest BCUT2D eigenvalue weighted by Crippen LogP contribution is -2.33. The summed E-state index contributed by atoms with van der Waals surface area (Å²) in [7, 11) is 0. The van der Waals surface area contributed by atoms with E-state index in [1.165, 1.54) is 38.8 Å². The summed E-state index contributed by atoms with van der Waals surface area (Å²) in [6, 6.07) is 60.5. The van der Waals surface area contributed by atoms with Crippen LogP contribution in [0.1, 0.15) is 45.0 Å². The summed E-state index contributed by atoms with van der Waals surface area (Å²) in [4.78, 5) is 9.79. The first-order valence-electron chi connectivity index (χ1n) is 18.4. The van der Waals surface area contributed by atoms with Crippen LogP contribution in [0.5, 0.6) is 11.5 Å². The highest BCUT2D eigenvalue weighted by Gasteiger charge is 2.51. The van der Waals surface area contributed by atoms with Gasteiger partial charge in [0.15, 0.2) is 0 Å². The Morgan fingerprint density at radius 2 is 1.17 bits per heavy atom. The smallest absolute Gasteiger partial charge is 0.133 e. The standard InChI is InChI=1S/C50H33N3O/c1-3-12-32(13-4-1)45-30-46(33-14-5-2-6-15-33)53-49(52-45)35-23-25-40-39-24-22-34(37-17-11-16-36-31-51-27-26-38(36)37)28-43(39)50(44(40)29-35)41-18-7-9-20-47(41)54-48-21-10-8-19-42(48)50/h1-31,45H,(H,52,53). The summed E-state index contributed by atoms with van der Waals surface area (Å²) in [5.41, 5.74) is 13.2. The van der Waals surface area contributed by atoms with Gasteiger partial charge >= 0.3 is 0 Å². The van der Waals surface area contributed by atoms with E-state index in [2.05, 4.69) is 186 Å². The average molecular weight is 692 g/mol. The maximum atomic E-state index is 6.69. The third-order valence-electron chi connectivity index (χ3n) is 11.3. The molecule has 0 radical (unpaired) electrons. The van der Waals surface area contributed by atoms with E-state index in [0.717, 1.165) is 56.2 Å². The minimum absolute atomic E-state index is 0.139. The third kappa shape index (κ3) is 4.56. The molecule has 7 aromatic carbocycles. The third-order valence-corrected chi connectivity index (χ3v) is 11.3. The van der Waals surface area contributed by atoms with Gasteiger partial charge in [0.2, 0.25) is 0 Å². The lowest BCUT2D eigenvalue weighted by molar-refractivity contribution is 0.436. The number of nitrogens with zero attached hydrogens (tertiary/aromatic N) is 2. The molecule has 1 aliphatic carbocycles. The fraction of sp³-hybridized carbons (Fsp3) is 0.0400. The van der Waals surface area contributed by atoms with Gasteiger partial charge in [0, 0.05) is 40.2 Å². The van der Waals surface area contributed by atoms with E-state index >= 15 is 0 Å². The maximum absolute atomic E-state index is 6.69. The molecule has 0 saturated carbocycles. The molecule has 4 heteroatoms. The Bertz CT molecular complexity index is 2790. The number of rotatable bonds is 4. The molecular weight excluding hydrogens is 659 g/mol. The van der Waals surface area contributed by atoms with E-state index < -0.39 is 5.41 Å². The van der Waals surface area contributed by atoms with Gasteiger partial charge in [-0.05, 0) is 86.3 Å². The Kier molecular flexibility index (Phi) is 6.80. The first-order chi connectivity index (χ1) is 26.8. The number of benzene rings is 7. The van der Waals surface area contributed by atoms with Crippen molar-refractivity contribution >= 4 is 22.3 Å². The van der Waals surface area contributed by atoms with Crippen molar-refractivity contribution in [2.45, 2.75) is 11.5 Å². The number of hydrogen-bond acceptors (Lipinski definition) is 4. The molecule has 3 aliphatic rings. The molecule has 0 fully saturated rings. The van der Waals surface area contributed by atoms with Crippen LogP contribution in [0, 0.1) is 0 Å². The van der Waals surface area contributed by atoms with Crippen LogP contribution in [-0.4, -0.2) is 10.8 Å². The van der Waals surface area contributed by atoms with E-state index in [9.17, 15) is 0 Å². The zero-order valence-electron chi connectivity index (χ0n) is 29.3. The summed E-state index contributed by atoms with van der Waals surface area (Å²) in [6.07, 6.45) is 6.05. The van der Waals surface area contributed by atoms with Crippen molar-refractivity contribution in [1.29, 1.82) is 0 Å². The minimum atomic E-state index is -0.638. The van der Waals surface area contributed by atoms with Gasteiger partial charge in [0.1, 0.15) is 17.3 Å². The maximum Gasteiger partial charge on any atom is 0.133 e. The van der Waals surface area contributed by atoms with Gasteiger partial charge in [0.05, 0.1) is 11.5 Å². The SMILES string of the molecule is C1=C(c2ccccc2)NC(c2ccc3c(c2)C2(c4ccccc4Oc4ccccc42)c2cc(-c4cccc5cnccc45)ccc2-3)=NC1c1ccccc1. The summed E-state index contributed by atoms with van der Waals surface area (Å²) in [6.45, 7) is 0. The summed E-state index contributed by atoms with van der Waals surface area (Å²) >= 11 is 0. The van der Waals surface area contributed by atoms with E-state index in [0.29, 0.717) is 0 Å². The summed E-state index contributed by atoms with van der Waals surface area (Å²) in [5.74, 6) is 2.58. The molecule has 1 unspecified atom stereocenters. The van der Waals surface area contributed by atoms with Crippen LogP contribution in [0.2, 0.25) is 0 Å². The highest BCUT2D eigenvalue weighted by Crippen LogP contribution is 2.62. The van der Waals surface area contributed by atoms with E-state index in [1.54, 1.807) is 0 Å². The molecule has 0 bridgehead atoms. The van der Waals surface area contributed by atoms with Gasteiger partial charge in [-0.1, -0.05) is 140 Å². The molecule has 0 amide bonds. The lowest BCUT2D eigenvalue weighted by atomic mass is 9.65. The Morgan fingerprint density at radius 3 is 1.91 bits per heavy atom. The molecule has 8 aromatic rings. The second kappa shape index (κ2) is 12.0. The first kappa shape index (κ1) is 30.6. The number of fused-ring (bicyclic) bond motifs is 10. The topological polar surface area (TPSA) is 46.5 Å². The molecular formula is C50H33N3O. The van der Waals surface area contributed by atoms with Crippen LogP contribution in [0.15, 0.2) is 193 Å². The molecule has 1 N–H and O–H groups in total. The van der Waals surface area contributed by atoms with Crippen molar-refractivity contribution in [3.05, 3.63) is 227 Å². The Hall–Kier alpha value is -7.04. The largest absolute Gasteiger partial charge is 0.457 e. The Labute approximate surface area is 313 Å². The first-order valence-corrected chi connectivity index (χ1v) is 18.4. The van der Waals surface area contributed by atoms with Crippen molar-refractivity contribution < 1.29 is 4.74 Å². The van der Waals surface area contributed by atoms with Crippen LogP contribution >= 0.6 is 0 Å². The predicted octanol–water partition coefficient (Wildman–Crippen LogP) is 11.5.